The molecule has 2 N–H and O–H groups in total. The second-order valence-electron chi connectivity index (χ2n) is 3.50. The van der Waals surface area contributed by atoms with Gasteiger partial charge in [0.15, 0.2) is 0 Å². The molecule has 0 radical (unpaired) electrons. The number of para-hydroxylation sites is 1. The Morgan fingerprint density at radius 1 is 1.00 bits per heavy atom. The molecule has 2 rings (SSSR count). The van der Waals surface area contributed by atoms with E-state index in [1.165, 1.54) is 30.3 Å². The molecule has 0 aliphatic heterocycles. The first-order valence-electron chi connectivity index (χ1n) is 4.87. The van der Waals surface area contributed by atoms with E-state index in [0.717, 1.165) is 6.07 Å². The van der Waals surface area contributed by atoms with Crippen LogP contribution in [0.1, 0.15) is 0 Å². The van der Waals surface area contributed by atoms with E-state index in [0.29, 0.717) is 0 Å². The predicted octanol–water partition coefficient (Wildman–Crippen LogP) is 2.24. The smallest absolute Gasteiger partial charge is 0.208 e. The van der Waals surface area contributed by atoms with Crippen molar-refractivity contribution in [1.29, 1.82) is 0 Å². The van der Waals surface area contributed by atoms with Crippen molar-refractivity contribution in [3.8, 4) is 0 Å². The van der Waals surface area contributed by atoms with Crippen LogP contribution in [-0.2, 0) is 9.84 Å². The van der Waals surface area contributed by atoms with Crippen LogP contribution in [0.2, 0.25) is 0 Å². The molecule has 0 spiro atoms. The van der Waals surface area contributed by atoms with E-state index < -0.39 is 15.7 Å². The highest BCUT2D eigenvalue weighted by molar-refractivity contribution is 7.91. The Hall–Kier alpha value is -1.88. The van der Waals surface area contributed by atoms with E-state index in [2.05, 4.69) is 0 Å². The first-order chi connectivity index (χ1) is 8.01. The molecule has 0 atom stereocenters. The molecular weight excluding hydrogens is 241 g/mol. The monoisotopic (exact) mass is 251 g/mol. The molecule has 0 amide bonds. The highest BCUT2D eigenvalue weighted by Gasteiger charge is 2.20. The van der Waals surface area contributed by atoms with Crippen LogP contribution in [0.3, 0.4) is 0 Å². The van der Waals surface area contributed by atoms with E-state index in [9.17, 15) is 12.8 Å². The molecule has 17 heavy (non-hydrogen) atoms. The lowest BCUT2D eigenvalue weighted by atomic mass is 10.3. The van der Waals surface area contributed by atoms with Crippen LogP contribution in [-0.4, -0.2) is 8.42 Å². The number of hydrogen-bond donors (Lipinski definition) is 1. The lowest BCUT2D eigenvalue weighted by Crippen LogP contribution is -2.05. The Morgan fingerprint density at radius 3 is 2.35 bits per heavy atom. The summed E-state index contributed by atoms with van der Waals surface area (Å²) in [5.41, 5.74) is 5.76. The SMILES string of the molecule is Nc1ccccc1S(=O)(=O)c1cccc(F)c1. The van der Waals surface area contributed by atoms with Crippen LogP contribution >= 0.6 is 0 Å². The summed E-state index contributed by atoms with van der Waals surface area (Å²) in [6.07, 6.45) is 0. The fraction of sp³-hybridized carbons (Fsp3) is 0. The summed E-state index contributed by atoms with van der Waals surface area (Å²) < 4.78 is 37.3. The number of nitrogens with two attached hydrogens (primary N) is 1. The minimum Gasteiger partial charge on any atom is -0.398 e. The van der Waals surface area contributed by atoms with Gasteiger partial charge in [0.25, 0.3) is 0 Å². The summed E-state index contributed by atoms with van der Waals surface area (Å²) in [6.45, 7) is 0. The minimum atomic E-state index is -3.76. The van der Waals surface area contributed by atoms with Gasteiger partial charge in [-0.25, -0.2) is 12.8 Å². The Bertz CT molecular complexity index is 653. The molecule has 2 aromatic rings. The summed E-state index contributed by atoms with van der Waals surface area (Å²) >= 11 is 0. The normalized spacial score (nSPS) is 11.4. The third kappa shape index (κ3) is 2.14. The van der Waals surface area contributed by atoms with Gasteiger partial charge in [-0.1, -0.05) is 18.2 Å². The average molecular weight is 251 g/mol. The molecular formula is C12H10FNO2S. The number of anilines is 1. The number of rotatable bonds is 2. The maximum Gasteiger partial charge on any atom is 0.208 e. The third-order valence-electron chi connectivity index (χ3n) is 2.31. The van der Waals surface area contributed by atoms with Crippen LogP contribution in [0.25, 0.3) is 0 Å². The van der Waals surface area contributed by atoms with Crippen molar-refractivity contribution >= 4 is 15.5 Å². The van der Waals surface area contributed by atoms with Crippen LogP contribution in [0.5, 0.6) is 0 Å². The maximum atomic E-state index is 13.0. The van der Waals surface area contributed by atoms with Gasteiger partial charge in [-0.3, -0.25) is 0 Å². The standard InChI is InChI=1S/C12H10FNO2S/c13-9-4-3-5-10(8-9)17(15,16)12-7-2-1-6-11(12)14/h1-8H,14H2. The number of sulfone groups is 1. The van der Waals surface area contributed by atoms with Crippen molar-refractivity contribution in [3.05, 3.63) is 54.3 Å². The lowest BCUT2D eigenvalue weighted by Gasteiger charge is -2.07. The molecule has 5 heteroatoms. The third-order valence-corrected chi connectivity index (χ3v) is 4.14. The van der Waals surface area contributed by atoms with Crippen LogP contribution < -0.4 is 5.73 Å². The molecule has 3 nitrogen and oxygen atoms in total. The van der Waals surface area contributed by atoms with Crippen molar-refractivity contribution < 1.29 is 12.8 Å². The zero-order chi connectivity index (χ0) is 12.5. The second kappa shape index (κ2) is 4.18. The summed E-state index contributed by atoms with van der Waals surface area (Å²) in [5.74, 6) is -0.597. The fourth-order valence-corrected chi connectivity index (χ4v) is 2.90. The average Bonchev–Trinajstić information content (AvgIpc) is 2.29. The molecule has 0 aliphatic rings. The summed E-state index contributed by atoms with van der Waals surface area (Å²) in [4.78, 5) is -0.110. The van der Waals surface area contributed by atoms with Gasteiger partial charge in [-0.15, -0.1) is 0 Å². The van der Waals surface area contributed by atoms with E-state index in [-0.39, 0.29) is 15.5 Å². The van der Waals surface area contributed by atoms with Gasteiger partial charge in [0.1, 0.15) is 5.82 Å². The Balaban J connectivity index is 2.63. The van der Waals surface area contributed by atoms with Gasteiger partial charge in [-0.2, -0.15) is 0 Å². The van der Waals surface area contributed by atoms with Gasteiger partial charge < -0.3 is 5.73 Å². The summed E-state index contributed by atoms with van der Waals surface area (Å²) in [7, 11) is -3.76. The van der Waals surface area contributed by atoms with Gasteiger partial charge in [0.05, 0.1) is 15.5 Å². The van der Waals surface area contributed by atoms with Crippen molar-refractivity contribution in [1.82, 2.24) is 0 Å². The summed E-state index contributed by atoms with van der Waals surface area (Å²) in [6, 6.07) is 10.9. The molecule has 0 unspecified atom stereocenters. The molecule has 0 aromatic heterocycles. The highest BCUT2D eigenvalue weighted by Crippen LogP contribution is 2.25. The Kier molecular flexibility index (Phi) is 2.85. The first kappa shape index (κ1) is 11.6. The van der Waals surface area contributed by atoms with Crippen LogP contribution in [0.15, 0.2) is 58.3 Å². The molecule has 0 saturated carbocycles. The van der Waals surface area contributed by atoms with Crippen LogP contribution in [0, 0.1) is 5.82 Å². The largest absolute Gasteiger partial charge is 0.398 e. The predicted molar refractivity (Wildman–Crippen MR) is 62.7 cm³/mol. The number of halogens is 1. The number of hydrogen-bond acceptors (Lipinski definition) is 3. The van der Waals surface area contributed by atoms with Crippen molar-refractivity contribution in [2.24, 2.45) is 0 Å². The van der Waals surface area contributed by atoms with Crippen LogP contribution in [0.4, 0.5) is 10.1 Å². The molecule has 0 heterocycles. The van der Waals surface area contributed by atoms with E-state index >= 15 is 0 Å². The molecule has 0 aliphatic carbocycles. The number of nitrogen functional groups attached to an aromatic ring is 1. The molecule has 88 valence electrons. The van der Waals surface area contributed by atoms with E-state index in [4.69, 9.17) is 5.73 Å². The van der Waals surface area contributed by atoms with Crippen molar-refractivity contribution in [2.75, 3.05) is 5.73 Å². The Morgan fingerprint density at radius 2 is 1.71 bits per heavy atom. The van der Waals surface area contributed by atoms with Crippen molar-refractivity contribution in [2.45, 2.75) is 9.79 Å². The van der Waals surface area contributed by atoms with E-state index in [1.807, 2.05) is 0 Å². The van der Waals surface area contributed by atoms with Gasteiger partial charge in [0.2, 0.25) is 9.84 Å². The number of benzene rings is 2. The van der Waals surface area contributed by atoms with Gasteiger partial charge >= 0.3 is 0 Å². The minimum absolute atomic E-state index is 0.00870. The van der Waals surface area contributed by atoms with Crippen molar-refractivity contribution in [3.63, 3.8) is 0 Å². The zero-order valence-corrected chi connectivity index (χ0v) is 9.62. The quantitative estimate of drug-likeness (QED) is 0.833. The second-order valence-corrected chi connectivity index (χ2v) is 5.42. The Labute approximate surface area is 98.6 Å². The molecule has 0 fully saturated rings. The maximum absolute atomic E-state index is 13.0. The lowest BCUT2D eigenvalue weighted by molar-refractivity contribution is 0.591. The van der Waals surface area contributed by atoms with E-state index in [1.54, 1.807) is 12.1 Å². The zero-order valence-electron chi connectivity index (χ0n) is 8.80. The molecule has 0 saturated heterocycles. The molecule has 2 aromatic carbocycles. The molecule has 0 bridgehead atoms. The topological polar surface area (TPSA) is 60.2 Å². The first-order valence-corrected chi connectivity index (χ1v) is 6.35. The van der Waals surface area contributed by atoms with Gasteiger partial charge in [-0.05, 0) is 30.3 Å². The summed E-state index contributed by atoms with van der Waals surface area (Å²) in [5, 5.41) is 0. The fourth-order valence-electron chi connectivity index (χ4n) is 1.49. The highest BCUT2D eigenvalue weighted by atomic mass is 32.2. The van der Waals surface area contributed by atoms with Gasteiger partial charge in [0, 0.05) is 0 Å².